The van der Waals surface area contributed by atoms with Crippen LogP contribution < -0.4 is 0 Å². The minimum atomic E-state index is -0.206. The molecule has 550 valence electrons. The van der Waals surface area contributed by atoms with Gasteiger partial charge in [-0.2, -0.15) is 0 Å². The maximum Gasteiger partial charge on any atom is 0.165 e. The molecule has 0 spiro atoms. The summed E-state index contributed by atoms with van der Waals surface area (Å²) in [5, 5.41) is 18.9. The number of hydrogen-bond acceptors (Lipinski definition) is 4. The number of para-hydroxylation sites is 3. The fourth-order valence-electron chi connectivity index (χ4n) is 21.2. The topological polar surface area (TPSA) is 71.3 Å². The van der Waals surface area contributed by atoms with Gasteiger partial charge < -0.3 is 9.13 Å². The Morgan fingerprint density at radius 3 is 1.41 bits per heavy atom. The van der Waals surface area contributed by atoms with Crippen LogP contribution in [0.2, 0.25) is 0 Å². The first-order chi connectivity index (χ1) is 58.0. The van der Waals surface area contributed by atoms with Gasteiger partial charge in [-0.05, 0) is 203 Å². The average Bonchev–Trinajstić information content (AvgIpc) is 1.57. The highest BCUT2D eigenvalue weighted by Crippen LogP contribution is 2.55. The van der Waals surface area contributed by atoms with Gasteiger partial charge in [0.05, 0.1) is 66.2 Å². The van der Waals surface area contributed by atoms with Gasteiger partial charge in [0.15, 0.2) is 11.6 Å². The maximum absolute atomic E-state index is 5.97. The summed E-state index contributed by atoms with van der Waals surface area (Å²) in [5.74, 6) is 1.56. The first-order valence-electron chi connectivity index (χ1n) is 40.9. The molecule has 0 fully saturated rings. The van der Waals surface area contributed by atoms with Crippen molar-refractivity contribution in [2.45, 2.75) is 38.5 Å². The van der Waals surface area contributed by atoms with Gasteiger partial charge in [0.2, 0.25) is 0 Å². The molecule has 0 aliphatic heterocycles. The molecule has 18 aromatic carbocycles. The maximum atomic E-state index is 5.97. The Morgan fingerprint density at radius 1 is 0.220 bits per heavy atom. The zero-order chi connectivity index (χ0) is 77.7. The van der Waals surface area contributed by atoms with Gasteiger partial charge in [-0.25, -0.2) is 19.9 Å². The predicted octanol–water partition coefficient (Wildman–Crippen LogP) is 28.2. The average molecular weight is 1500 g/mol. The Kier molecular flexibility index (Phi) is 13.2. The molecular formula is C110H70N8. The number of hydrogen-bond donors (Lipinski definition) is 0. The van der Waals surface area contributed by atoms with E-state index >= 15 is 0 Å². The van der Waals surface area contributed by atoms with E-state index in [1.807, 2.05) is 0 Å². The minimum Gasteiger partial charge on any atom is -0.309 e. The van der Waals surface area contributed by atoms with Crippen LogP contribution in [0.5, 0.6) is 0 Å². The molecule has 0 bridgehead atoms. The lowest BCUT2D eigenvalue weighted by molar-refractivity contribution is 0.660. The zero-order valence-corrected chi connectivity index (χ0v) is 65.1. The van der Waals surface area contributed by atoms with E-state index in [0.717, 1.165) is 133 Å². The first-order valence-corrected chi connectivity index (χ1v) is 40.9. The summed E-state index contributed by atoms with van der Waals surface area (Å²) in [5.41, 5.74) is 29.9. The van der Waals surface area contributed by atoms with Gasteiger partial charge in [-0.1, -0.05) is 270 Å². The molecule has 0 radical (unpaired) electrons. The highest BCUT2D eigenvalue weighted by atomic mass is 15.1. The van der Waals surface area contributed by atoms with Gasteiger partial charge in [0.1, 0.15) is 11.4 Å². The van der Waals surface area contributed by atoms with Crippen molar-refractivity contribution >= 4 is 152 Å². The van der Waals surface area contributed by atoms with Gasteiger partial charge in [0.25, 0.3) is 0 Å². The van der Waals surface area contributed by atoms with E-state index in [0.29, 0.717) is 0 Å². The van der Waals surface area contributed by atoms with E-state index in [9.17, 15) is 0 Å². The fraction of sp³-hybridized carbons (Fsp3) is 0.0545. The fourth-order valence-corrected chi connectivity index (χ4v) is 21.2. The van der Waals surface area contributed by atoms with E-state index in [1.54, 1.807) is 0 Å². The Hall–Kier alpha value is -15.1. The van der Waals surface area contributed by atoms with Crippen LogP contribution >= 0.6 is 0 Å². The number of nitrogens with zero attached hydrogens (tertiary/aromatic N) is 8. The quantitative estimate of drug-likeness (QED) is 0.159. The second kappa shape index (κ2) is 23.8. The molecule has 0 N–H and O–H groups in total. The molecule has 0 unspecified atom stereocenters. The van der Waals surface area contributed by atoms with Crippen LogP contribution in [0, 0.1) is 0 Å². The molecule has 6 aromatic heterocycles. The Morgan fingerprint density at radius 2 is 0.686 bits per heavy atom. The molecule has 8 nitrogen and oxygen atoms in total. The van der Waals surface area contributed by atoms with Crippen LogP contribution in [0.4, 0.5) is 0 Å². The molecule has 118 heavy (non-hydrogen) atoms. The van der Waals surface area contributed by atoms with Gasteiger partial charge in [-0.15, -0.1) is 0 Å². The summed E-state index contributed by atoms with van der Waals surface area (Å²) in [6.45, 7) is 9.40. The molecule has 6 heterocycles. The molecule has 2 aliphatic rings. The molecule has 0 saturated carbocycles. The SMILES string of the molecule is CC1(C)c2ccccc2-c2cc(-c3nc4cc(-c5ccc6c(c5)c5ccc7ccccc7c5n6-c5ccc6c(c5)c5c7ccccc7ccc5n6-c5nc6ccccc6nc5-c5cccc6c5-c5ccccc5C6(C)C)ccc4nc3-n3c4ccc(-n5c6ccccc6c6cc7ccccc7cc65)cc4c4c5ccccc5ccc43)ccc21. The van der Waals surface area contributed by atoms with Crippen LogP contribution in [-0.2, 0) is 10.8 Å². The number of rotatable bonds is 7. The minimum absolute atomic E-state index is 0.187. The standard InChI is InChI=1S/C110H70N8/c1-109(2)86-34-16-13-30-76(86)81-58-70(41-49-88(81)109)104-107(117-96-54-46-71(61-84(96)102-73-27-10-7-22-63(73)43-52-98(102)117)115-94-39-20-15-31-77(94)82-56-66-25-5-6-26-67(66)60-100(82)115)114-92-50-42-69(59-93(92)112-104)68-45-51-95-83(57-68)78-48-40-65-24-9-12-29-75(65)106(78)116(95)72-47-55-97-85(62-72)103-74-28-11-8-23-64(74)44-53-99(103)118(97)108-105(111-90-37-18-19-38-91(90)113-108)80-33-21-36-89-101(80)79-32-14-17-35-87(79)110(89,3)4/h5-62H,1-4H3. The van der Waals surface area contributed by atoms with Crippen molar-refractivity contribution in [2.24, 2.45) is 0 Å². The number of fused-ring (bicyclic) bond motifs is 27. The van der Waals surface area contributed by atoms with Gasteiger partial charge in [0, 0.05) is 81.8 Å². The van der Waals surface area contributed by atoms with Crippen LogP contribution in [0.1, 0.15) is 49.9 Å². The normalized spacial score (nSPS) is 13.6. The van der Waals surface area contributed by atoms with E-state index in [-0.39, 0.29) is 10.8 Å². The Bertz CT molecular complexity index is 8650. The monoisotopic (exact) mass is 1500 g/mol. The first kappa shape index (κ1) is 65.3. The van der Waals surface area contributed by atoms with Crippen molar-refractivity contribution in [3.8, 4) is 78.9 Å². The molecule has 0 amide bonds. The lowest BCUT2D eigenvalue weighted by Gasteiger charge is -2.22. The third-order valence-corrected chi connectivity index (χ3v) is 26.7. The van der Waals surface area contributed by atoms with E-state index < -0.39 is 0 Å². The summed E-state index contributed by atoms with van der Waals surface area (Å²) < 4.78 is 9.77. The van der Waals surface area contributed by atoms with Crippen LogP contribution in [0.25, 0.3) is 231 Å². The highest BCUT2D eigenvalue weighted by Gasteiger charge is 2.39. The Balaban J connectivity index is 0.671. The summed E-state index contributed by atoms with van der Waals surface area (Å²) in [4.78, 5) is 23.3. The second-order valence-electron chi connectivity index (χ2n) is 33.6. The molecule has 0 saturated heterocycles. The van der Waals surface area contributed by atoms with E-state index in [4.69, 9.17) is 19.9 Å². The largest absolute Gasteiger partial charge is 0.309 e. The molecule has 8 heteroatoms. The third-order valence-electron chi connectivity index (χ3n) is 26.7. The summed E-state index contributed by atoms with van der Waals surface area (Å²) in [6.07, 6.45) is 0. The molecule has 26 rings (SSSR count). The number of aromatic nitrogens is 8. The van der Waals surface area contributed by atoms with E-state index in [2.05, 4.69) is 398 Å². The number of benzene rings is 18. The smallest absolute Gasteiger partial charge is 0.165 e. The van der Waals surface area contributed by atoms with Crippen molar-refractivity contribution in [1.82, 2.24) is 38.2 Å². The van der Waals surface area contributed by atoms with Crippen LogP contribution in [0.15, 0.2) is 352 Å². The Labute approximate surface area is 677 Å². The molecule has 0 atom stereocenters. The highest BCUT2D eigenvalue weighted by molar-refractivity contribution is 6.25. The molecule has 2 aliphatic carbocycles. The summed E-state index contributed by atoms with van der Waals surface area (Å²) >= 11 is 0. The summed E-state index contributed by atoms with van der Waals surface area (Å²) in [6, 6.07) is 130. The van der Waals surface area contributed by atoms with E-state index in [1.165, 1.54) is 120 Å². The second-order valence-corrected chi connectivity index (χ2v) is 33.6. The van der Waals surface area contributed by atoms with Crippen molar-refractivity contribution in [3.05, 3.63) is 374 Å². The summed E-state index contributed by atoms with van der Waals surface area (Å²) in [7, 11) is 0. The van der Waals surface area contributed by atoms with Crippen LogP contribution in [0.3, 0.4) is 0 Å². The van der Waals surface area contributed by atoms with Gasteiger partial charge >= 0.3 is 0 Å². The van der Waals surface area contributed by atoms with Crippen molar-refractivity contribution in [3.63, 3.8) is 0 Å². The lowest BCUT2D eigenvalue weighted by atomic mass is 9.82. The van der Waals surface area contributed by atoms with Crippen molar-refractivity contribution in [1.29, 1.82) is 0 Å². The van der Waals surface area contributed by atoms with Crippen molar-refractivity contribution in [2.75, 3.05) is 0 Å². The zero-order valence-electron chi connectivity index (χ0n) is 65.1. The molecular weight excluding hydrogens is 1430 g/mol. The third kappa shape index (κ3) is 8.97. The van der Waals surface area contributed by atoms with Crippen LogP contribution in [-0.4, -0.2) is 38.2 Å². The van der Waals surface area contributed by atoms with Crippen molar-refractivity contribution < 1.29 is 0 Å². The van der Waals surface area contributed by atoms with Gasteiger partial charge in [-0.3, -0.25) is 9.13 Å². The predicted molar refractivity (Wildman–Crippen MR) is 491 cm³/mol. The lowest BCUT2D eigenvalue weighted by Crippen LogP contribution is -2.14. The molecule has 24 aromatic rings.